The van der Waals surface area contributed by atoms with Crippen molar-refractivity contribution in [1.82, 2.24) is 5.32 Å². The molecule has 0 aromatic heterocycles. The number of methoxy groups -OCH3 is 1. The Labute approximate surface area is 132 Å². The van der Waals surface area contributed by atoms with Crippen LogP contribution in [-0.4, -0.2) is 57.1 Å². The summed E-state index contributed by atoms with van der Waals surface area (Å²) in [6.07, 6.45) is 1.23. The van der Waals surface area contributed by atoms with Crippen molar-refractivity contribution < 1.29 is 22.7 Å². The van der Waals surface area contributed by atoms with Crippen molar-refractivity contribution in [1.29, 1.82) is 0 Å². The van der Waals surface area contributed by atoms with Crippen molar-refractivity contribution >= 4 is 28.4 Å². The lowest BCUT2D eigenvalue weighted by Crippen LogP contribution is -2.46. The predicted molar refractivity (Wildman–Crippen MR) is 84.2 cm³/mol. The highest BCUT2D eigenvalue weighted by atomic mass is 32.2. The summed E-state index contributed by atoms with van der Waals surface area (Å²) in [7, 11) is -2.20. The summed E-state index contributed by atoms with van der Waals surface area (Å²) >= 11 is 4.34. The van der Waals surface area contributed by atoms with Crippen LogP contribution in [0.15, 0.2) is 0 Å². The Morgan fingerprint density at radius 2 is 2.05 bits per heavy atom. The summed E-state index contributed by atoms with van der Waals surface area (Å²) in [6.45, 7) is 4.49. The van der Waals surface area contributed by atoms with Gasteiger partial charge >= 0.3 is 5.97 Å². The molecule has 0 radical (unpaired) electrons. The summed E-state index contributed by atoms with van der Waals surface area (Å²) in [5.41, 5.74) is -1.07. The molecule has 0 saturated carbocycles. The van der Waals surface area contributed by atoms with Gasteiger partial charge in [0.25, 0.3) is 0 Å². The van der Waals surface area contributed by atoms with E-state index >= 15 is 0 Å². The molecule has 1 N–H and O–H groups in total. The van der Waals surface area contributed by atoms with Gasteiger partial charge in [-0.15, -0.1) is 0 Å². The molecule has 124 valence electrons. The molecule has 1 aliphatic heterocycles. The number of carbonyl (C=O) groups excluding carboxylic acids is 1. The van der Waals surface area contributed by atoms with E-state index in [0.717, 1.165) is 6.26 Å². The van der Waals surface area contributed by atoms with Gasteiger partial charge in [0.2, 0.25) is 0 Å². The van der Waals surface area contributed by atoms with Gasteiger partial charge in [-0.2, -0.15) is 12.6 Å². The second-order valence-electron chi connectivity index (χ2n) is 5.88. The summed E-state index contributed by atoms with van der Waals surface area (Å²) < 4.78 is 34.4. The van der Waals surface area contributed by atoms with Crippen molar-refractivity contribution in [3.05, 3.63) is 0 Å². The lowest BCUT2D eigenvalue weighted by Gasteiger charge is -2.27. The number of nitrogens with one attached hydrogen (secondary N) is 1. The second kappa shape index (κ2) is 7.80. The molecule has 1 heterocycles. The van der Waals surface area contributed by atoms with E-state index in [1.165, 1.54) is 7.11 Å². The molecule has 0 aromatic carbocycles. The Bertz CT molecular complexity index is 451. The number of carbonyl (C=O) groups is 1. The SMILES string of the molecule is COC(=O)C(CC(C)C)O[C@H]([C@@H]1C[C@@H](S)CN1)S(C)(=O)=O. The van der Waals surface area contributed by atoms with Crippen molar-refractivity contribution in [3.63, 3.8) is 0 Å². The van der Waals surface area contributed by atoms with Crippen molar-refractivity contribution in [3.8, 4) is 0 Å². The lowest BCUT2D eigenvalue weighted by molar-refractivity contribution is -0.157. The van der Waals surface area contributed by atoms with Crippen molar-refractivity contribution in [2.75, 3.05) is 19.9 Å². The molecule has 0 bridgehead atoms. The zero-order valence-corrected chi connectivity index (χ0v) is 14.6. The fraction of sp³-hybridized carbons (Fsp3) is 0.923. The van der Waals surface area contributed by atoms with Crippen LogP contribution in [0.25, 0.3) is 0 Å². The molecule has 8 heteroatoms. The van der Waals surface area contributed by atoms with Crippen LogP contribution >= 0.6 is 12.6 Å². The lowest BCUT2D eigenvalue weighted by atomic mass is 10.1. The van der Waals surface area contributed by atoms with Crippen molar-refractivity contribution in [2.45, 2.75) is 49.5 Å². The summed E-state index contributed by atoms with van der Waals surface area (Å²) in [6, 6.07) is -0.359. The molecular formula is C13H25NO5S2. The third-order valence-corrected chi connectivity index (χ3v) is 5.02. The highest BCUT2D eigenvalue weighted by Gasteiger charge is 2.39. The smallest absolute Gasteiger partial charge is 0.335 e. The molecule has 1 fully saturated rings. The Morgan fingerprint density at radius 1 is 1.43 bits per heavy atom. The van der Waals surface area contributed by atoms with E-state index in [9.17, 15) is 13.2 Å². The van der Waals surface area contributed by atoms with Gasteiger partial charge in [-0.25, -0.2) is 13.2 Å². The number of sulfone groups is 1. The van der Waals surface area contributed by atoms with Crippen LogP contribution in [0, 0.1) is 5.92 Å². The van der Waals surface area contributed by atoms with Crippen LogP contribution in [0.4, 0.5) is 0 Å². The average Bonchev–Trinajstić information content (AvgIpc) is 2.77. The molecule has 1 rings (SSSR count). The van der Waals surface area contributed by atoms with E-state index in [1.807, 2.05) is 13.8 Å². The van der Waals surface area contributed by atoms with E-state index in [2.05, 4.69) is 17.9 Å². The van der Waals surface area contributed by atoms with E-state index in [0.29, 0.717) is 19.4 Å². The number of esters is 1. The molecule has 0 spiro atoms. The van der Waals surface area contributed by atoms with E-state index in [4.69, 9.17) is 9.47 Å². The minimum atomic E-state index is -3.47. The topological polar surface area (TPSA) is 81.7 Å². The van der Waals surface area contributed by atoms with Gasteiger partial charge in [0.05, 0.1) is 7.11 Å². The summed E-state index contributed by atoms with van der Waals surface area (Å²) in [4.78, 5) is 11.8. The minimum absolute atomic E-state index is 0.0875. The van der Waals surface area contributed by atoms with Gasteiger partial charge in [-0.3, -0.25) is 0 Å². The Kier molecular flexibility index (Phi) is 6.96. The first kappa shape index (κ1) is 18.7. The maximum Gasteiger partial charge on any atom is 0.335 e. The van der Waals surface area contributed by atoms with Crippen LogP contribution < -0.4 is 5.32 Å². The Balaban J connectivity index is 2.90. The Morgan fingerprint density at radius 3 is 2.43 bits per heavy atom. The molecule has 1 unspecified atom stereocenters. The maximum absolute atomic E-state index is 12.0. The molecule has 0 aromatic rings. The highest BCUT2D eigenvalue weighted by Crippen LogP contribution is 2.23. The van der Waals surface area contributed by atoms with E-state index in [1.54, 1.807) is 0 Å². The molecular weight excluding hydrogens is 314 g/mol. The normalized spacial score (nSPS) is 25.8. The van der Waals surface area contributed by atoms with Gasteiger partial charge in [0.1, 0.15) is 0 Å². The average molecular weight is 339 g/mol. The number of thiol groups is 1. The van der Waals surface area contributed by atoms with Gasteiger partial charge in [-0.05, 0) is 18.8 Å². The zero-order valence-electron chi connectivity index (χ0n) is 12.9. The fourth-order valence-electron chi connectivity index (χ4n) is 2.38. The number of hydrogen-bond acceptors (Lipinski definition) is 7. The summed E-state index contributed by atoms with van der Waals surface area (Å²) in [5.74, 6) is -0.360. The Hall–Kier alpha value is -0.310. The van der Waals surface area contributed by atoms with Crippen molar-refractivity contribution in [2.24, 2.45) is 5.92 Å². The maximum atomic E-state index is 12.0. The number of ether oxygens (including phenoxy) is 2. The van der Waals surface area contributed by atoms with Gasteiger partial charge < -0.3 is 14.8 Å². The first-order valence-electron chi connectivity index (χ1n) is 6.98. The molecule has 1 aliphatic rings. The molecule has 21 heavy (non-hydrogen) atoms. The second-order valence-corrected chi connectivity index (χ2v) is 8.73. The third-order valence-electron chi connectivity index (χ3n) is 3.34. The molecule has 4 atom stereocenters. The van der Waals surface area contributed by atoms with Crippen LogP contribution in [0.5, 0.6) is 0 Å². The highest BCUT2D eigenvalue weighted by molar-refractivity contribution is 7.91. The largest absolute Gasteiger partial charge is 0.467 e. The monoisotopic (exact) mass is 339 g/mol. The molecule has 0 amide bonds. The van der Waals surface area contributed by atoms with Gasteiger partial charge in [-0.1, -0.05) is 13.8 Å². The fourth-order valence-corrected chi connectivity index (χ4v) is 3.85. The first-order chi connectivity index (χ1) is 9.65. The number of rotatable bonds is 7. The standard InChI is InChI=1S/C13H25NO5S2/c1-8(2)5-11(12(15)18-3)19-13(21(4,16)17)10-6-9(20)7-14-10/h8-11,13-14,20H,5-7H2,1-4H3/t9-,10+,11?,13+/m1/s1. The first-order valence-corrected chi connectivity index (χ1v) is 9.45. The van der Waals surface area contributed by atoms with Crippen LogP contribution in [0.1, 0.15) is 26.7 Å². The quantitative estimate of drug-likeness (QED) is 0.523. The number of hydrogen-bond donors (Lipinski definition) is 2. The van der Waals surface area contributed by atoms with Crippen LogP contribution in [-0.2, 0) is 24.1 Å². The molecule has 1 saturated heterocycles. The molecule has 6 nitrogen and oxygen atoms in total. The predicted octanol–water partition coefficient (Wildman–Crippen LogP) is 0.622. The van der Waals surface area contributed by atoms with Crippen LogP contribution in [0.3, 0.4) is 0 Å². The minimum Gasteiger partial charge on any atom is -0.467 e. The third kappa shape index (κ3) is 5.77. The van der Waals surface area contributed by atoms with E-state index < -0.39 is 27.3 Å². The van der Waals surface area contributed by atoms with Crippen LogP contribution in [0.2, 0.25) is 0 Å². The van der Waals surface area contributed by atoms with Gasteiger partial charge in [0.15, 0.2) is 21.4 Å². The zero-order chi connectivity index (χ0) is 16.2. The van der Waals surface area contributed by atoms with Gasteiger partial charge in [0, 0.05) is 24.1 Å². The summed E-state index contributed by atoms with van der Waals surface area (Å²) in [5, 5.41) is 3.18. The van der Waals surface area contributed by atoms with E-state index in [-0.39, 0.29) is 17.2 Å². The molecule has 0 aliphatic carbocycles.